The predicted octanol–water partition coefficient (Wildman–Crippen LogP) is 1.38. The summed E-state index contributed by atoms with van der Waals surface area (Å²) >= 11 is 0. The molecule has 3 aliphatic rings. The molecule has 0 spiro atoms. The van der Waals surface area contributed by atoms with E-state index in [9.17, 15) is 4.79 Å². The number of fused-ring (bicyclic) bond motifs is 1. The third-order valence-corrected chi connectivity index (χ3v) is 4.72. The Morgan fingerprint density at radius 1 is 1.25 bits per heavy atom. The van der Waals surface area contributed by atoms with E-state index in [4.69, 9.17) is 0 Å². The van der Waals surface area contributed by atoms with Crippen LogP contribution in [0.1, 0.15) is 24.8 Å². The van der Waals surface area contributed by atoms with Gasteiger partial charge >= 0.3 is 0 Å². The number of hydrogen-bond acceptors (Lipinski definition) is 3. The average Bonchev–Trinajstić information content (AvgIpc) is 3.04. The van der Waals surface area contributed by atoms with Gasteiger partial charge in [0.15, 0.2) is 0 Å². The lowest BCUT2D eigenvalue weighted by Crippen LogP contribution is -2.45. The van der Waals surface area contributed by atoms with E-state index >= 15 is 0 Å². The van der Waals surface area contributed by atoms with E-state index in [2.05, 4.69) is 21.6 Å². The summed E-state index contributed by atoms with van der Waals surface area (Å²) in [5, 5.41) is 6.55. The minimum absolute atomic E-state index is 0.0950. The fourth-order valence-corrected chi connectivity index (χ4v) is 3.43. The van der Waals surface area contributed by atoms with Crippen LogP contribution in [0, 0.1) is 0 Å². The van der Waals surface area contributed by atoms with Crippen LogP contribution in [0.4, 0.5) is 5.69 Å². The zero-order valence-corrected chi connectivity index (χ0v) is 11.6. The Kier molecular flexibility index (Phi) is 2.91. The van der Waals surface area contributed by atoms with Crippen molar-refractivity contribution in [1.82, 2.24) is 10.2 Å². The average molecular weight is 271 g/mol. The fraction of sp³-hybridized carbons (Fsp3) is 0.562. The number of amides is 1. The van der Waals surface area contributed by atoms with E-state index in [1.54, 1.807) is 0 Å². The van der Waals surface area contributed by atoms with Gasteiger partial charge in [0.25, 0.3) is 0 Å². The molecule has 1 saturated heterocycles. The lowest BCUT2D eigenvalue weighted by atomic mass is 10.1. The van der Waals surface area contributed by atoms with E-state index in [1.165, 1.54) is 18.4 Å². The predicted molar refractivity (Wildman–Crippen MR) is 78.7 cm³/mol. The SMILES string of the molecule is O=C(NC1CCN(C2CC2)C1)[C@@H]1Cc2ccccc2N1. The van der Waals surface area contributed by atoms with Crippen LogP contribution in [0.5, 0.6) is 0 Å². The van der Waals surface area contributed by atoms with Gasteiger partial charge in [-0.2, -0.15) is 0 Å². The molecule has 2 fully saturated rings. The van der Waals surface area contributed by atoms with Crippen molar-refractivity contribution in [2.75, 3.05) is 18.4 Å². The number of likely N-dealkylation sites (tertiary alicyclic amines) is 1. The molecule has 4 heteroatoms. The maximum Gasteiger partial charge on any atom is 0.243 e. The van der Waals surface area contributed by atoms with Crippen molar-refractivity contribution >= 4 is 11.6 Å². The zero-order valence-electron chi connectivity index (χ0n) is 11.6. The first kappa shape index (κ1) is 12.2. The van der Waals surface area contributed by atoms with E-state index in [0.717, 1.165) is 37.7 Å². The normalized spacial score (nSPS) is 29.0. The summed E-state index contributed by atoms with van der Waals surface area (Å²) in [5.41, 5.74) is 2.36. The largest absolute Gasteiger partial charge is 0.373 e. The number of anilines is 1. The molecule has 0 radical (unpaired) electrons. The number of nitrogens with one attached hydrogen (secondary N) is 2. The van der Waals surface area contributed by atoms with Crippen molar-refractivity contribution in [3.05, 3.63) is 29.8 Å². The number of benzene rings is 1. The highest BCUT2D eigenvalue weighted by molar-refractivity contribution is 5.87. The van der Waals surface area contributed by atoms with E-state index in [-0.39, 0.29) is 11.9 Å². The van der Waals surface area contributed by atoms with Gasteiger partial charge in [0.2, 0.25) is 5.91 Å². The molecular weight excluding hydrogens is 250 g/mol. The first-order chi connectivity index (χ1) is 9.79. The lowest BCUT2D eigenvalue weighted by molar-refractivity contribution is -0.122. The Morgan fingerprint density at radius 3 is 2.90 bits per heavy atom. The van der Waals surface area contributed by atoms with E-state index in [1.807, 2.05) is 18.2 Å². The van der Waals surface area contributed by atoms with Crippen molar-refractivity contribution in [1.29, 1.82) is 0 Å². The molecule has 1 aromatic rings. The quantitative estimate of drug-likeness (QED) is 0.873. The minimum Gasteiger partial charge on any atom is -0.373 e. The Bertz CT molecular complexity index is 501. The monoisotopic (exact) mass is 271 g/mol. The molecule has 2 atom stereocenters. The highest BCUT2D eigenvalue weighted by Gasteiger charge is 2.36. The number of carbonyl (C=O) groups excluding carboxylic acids is 1. The van der Waals surface area contributed by atoms with Gasteiger partial charge in [0.05, 0.1) is 0 Å². The molecule has 1 aliphatic carbocycles. The number of hydrogen-bond donors (Lipinski definition) is 2. The Morgan fingerprint density at radius 2 is 2.10 bits per heavy atom. The van der Waals surface area contributed by atoms with Gasteiger partial charge in [-0.05, 0) is 30.9 Å². The minimum atomic E-state index is -0.0950. The topological polar surface area (TPSA) is 44.4 Å². The third-order valence-electron chi connectivity index (χ3n) is 4.72. The van der Waals surface area contributed by atoms with Crippen LogP contribution < -0.4 is 10.6 Å². The molecule has 0 bridgehead atoms. The molecule has 1 unspecified atom stereocenters. The van der Waals surface area contributed by atoms with Gasteiger partial charge in [-0.15, -0.1) is 0 Å². The summed E-state index contributed by atoms with van der Waals surface area (Å²) < 4.78 is 0. The van der Waals surface area contributed by atoms with Crippen LogP contribution in [0.2, 0.25) is 0 Å². The number of para-hydroxylation sites is 1. The summed E-state index contributed by atoms with van der Waals surface area (Å²) in [4.78, 5) is 14.9. The molecule has 1 aromatic carbocycles. The second-order valence-corrected chi connectivity index (χ2v) is 6.28. The zero-order chi connectivity index (χ0) is 13.5. The van der Waals surface area contributed by atoms with Crippen LogP contribution in [-0.2, 0) is 11.2 Å². The third kappa shape index (κ3) is 2.29. The first-order valence-electron chi connectivity index (χ1n) is 7.68. The van der Waals surface area contributed by atoms with E-state index < -0.39 is 0 Å². The van der Waals surface area contributed by atoms with Crippen molar-refractivity contribution in [3.8, 4) is 0 Å². The summed E-state index contributed by atoms with van der Waals surface area (Å²) in [6, 6.07) is 9.25. The number of carbonyl (C=O) groups is 1. The molecule has 1 saturated carbocycles. The van der Waals surface area contributed by atoms with Gasteiger partial charge in [0, 0.05) is 37.3 Å². The first-order valence-corrected chi connectivity index (χ1v) is 7.68. The van der Waals surface area contributed by atoms with Crippen LogP contribution in [0.25, 0.3) is 0 Å². The second-order valence-electron chi connectivity index (χ2n) is 6.28. The van der Waals surface area contributed by atoms with Crippen molar-refractivity contribution in [2.45, 2.75) is 43.8 Å². The fourth-order valence-electron chi connectivity index (χ4n) is 3.43. The highest BCUT2D eigenvalue weighted by Crippen LogP contribution is 2.30. The molecule has 20 heavy (non-hydrogen) atoms. The number of rotatable bonds is 3. The Balaban J connectivity index is 1.33. The summed E-state index contributed by atoms with van der Waals surface area (Å²) in [6.07, 6.45) is 4.60. The summed E-state index contributed by atoms with van der Waals surface area (Å²) in [7, 11) is 0. The Hall–Kier alpha value is -1.55. The molecule has 2 heterocycles. The van der Waals surface area contributed by atoms with Crippen molar-refractivity contribution < 1.29 is 4.79 Å². The highest BCUT2D eigenvalue weighted by atomic mass is 16.2. The smallest absolute Gasteiger partial charge is 0.243 e. The van der Waals surface area contributed by atoms with Gasteiger partial charge in [-0.1, -0.05) is 18.2 Å². The molecule has 2 aliphatic heterocycles. The lowest BCUT2D eigenvalue weighted by Gasteiger charge is -2.18. The molecule has 4 rings (SSSR count). The van der Waals surface area contributed by atoms with Gasteiger partial charge in [-0.25, -0.2) is 0 Å². The molecule has 1 amide bonds. The van der Waals surface area contributed by atoms with Crippen LogP contribution in [0.15, 0.2) is 24.3 Å². The molecule has 4 nitrogen and oxygen atoms in total. The van der Waals surface area contributed by atoms with Crippen molar-refractivity contribution in [2.24, 2.45) is 0 Å². The van der Waals surface area contributed by atoms with Gasteiger partial charge in [0.1, 0.15) is 6.04 Å². The van der Waals surface area contributed by atoms with Crippen LogP contribution in [-0.4, -0.2) is 42.0 Å². The van der Waals surface area contributed by atoms with Gasteiger partial charge in [-0.3, -0.25) is 9.69 Å². The standard InChI is InChI=1S/C16H21N3O/c20-16(15-9-11-3-1-2-4-14(11)18-15)17-12-7-8-19(10-12)13-5-6-13/h1-4,12-13,15,18H,5-10H2,(H,17,20)/t12?,15-/m0/s1. The molecule has 2 N–H and O–H groups in total. The van der Waals surface area contributed by atoms with Crippen molar-refractivity contribution in [3.63, 3.8) is 0 Å². The van der Waals surface area contributed by atoms with Crippen LogP contribution in [0.3, 0.4) is 0 Å². The second kappa shape index (κ2) is 4.77. The summed E-state index contributed by atoms with van der Waals surface area (Å²) in [6.45, 7) is 2.18. The molecule has 106 valence electrons. The maximum absolute atomic E-state index is 12.4. The van der Waals surface area contributed by atoms with E-state index in [0.29, 0.717) is 6.04 Å². The molecular formula is C16H21N3O. The number of nitrogens with zero attached hydrogens (tertiary/aromatic N) is 1. The maximum atomic E-state index is 12.4. The Labute approximate surface area is 119 Å². The summed E-state index contributed by atoms with van der Waals surface area (Å²) in [5.74, 6) is 0.156. The van der Waals surface area contributed by atoms with Gasteiger partial charge < -0.3 is 10.6 Å². The van der Waals surface area contributed by atoms with Crippen LogP contribution >= 0.6 is 0 Å². The molecule has 0 aromatic heterocycles.